The summed E-state index contributed by atoms with van der Waals surface area (Å²) in [7, 11) is 0. The number of para-hydroxylation sites is 1. The summed E-state index contributed by atoms with van der Waals surface area (Å²) < 4.78 is 0. The van der Waals surface area contributed by atoms with Gasteiger partial charge in [-0.2, -0.15) is 0 Å². The summed E-state index contributed by atoms with van der Waals surface area (Å²) in [5, 5.41) is 11.5. The molecule has 0 aliphatic rings. The van der Waals surface area contributed by atoms with Crippen LogP contribution >= 0.6 is 0 Å². The molecule has 0 bridgehead atoms. The highest BCUT2D eigenvalue weighted by Crippen LogP contribution is 2.14. The number of amides is 1. The molecule has 0 aliphatic carbocycles. The molecule has 0 fully saturated rings. The molecule has 1 amide bonds. The van der Waals surface area contributed by atoms with Crippen LogP contribution in [0.15, 0.2) is 24.3 Å². The van der Waals surface area contributed by atoms with Gasteiger partial charge in [-0.1, -0.05) is 12.1 Å². The summed E-state index contributed by atoms with van der Waals surface area (Å²) in [6.45, 7) is 0.623. The Morgan fingerprint density at radius 2 is 1.94 bits per heavy atom. The van der Waals surface area contributed by atoms with Gasteiger partial charge >= 0.3 is 5.97 Å². The first-order chi connectivity index (χ1) is 8.11. The average molecular weight is 236 g/mol. The van der Waals surface area contributed by atoms with Crippen LogP contribution in [0.1, 0.15) is 29.6 Å². The molecule has 1 aromatic rings. The molecule has 0 saturated carbocycles. The lowest BCUT2D eigenvalue weighted by molar-refractivity contribution is -0.137. The van der Waals surface area contributed by atoms with E-state index in [1.54, 1.807) is 18.2 Å². The molecule has 0 spiro atoms. The fraction of sp³-hybridized carbons (Fsp3) is 0.333. The molecule has 0 saturated heterocycles. The van der Waals surface area contributed by atoms with Gasteiger partial charge in [-0.05, 0) is 25.0 Å². The van der Waals surface area contributed by atoms with E-state index < -0.39 is 11.9 Å². The molecule has 5 nitrogen and oxygen atoms in total. The summed E-state index contributed by atoms with van der Waals surface area (Å²) in [5.41, 5.74) is 6.37. The third-order valence-electron chi connectivity index (χ3n) is 2.33. The minimum absolute atomic E-state index is 0.166. The molecule has 17 heavy (non-hydrogen) atoms. The maximum Gasteiger partial charge on any atom is 0.303 e. The number of rotatable bonds is 7. The Kier molecular flexibility index (Phi) is 5.00. The molecule has 0 heterocycles. The van der Waals surface area contributed by atoms with Crippen molar-refractivity contribution in [1.82, 2.24) is 0 Å². The van der Waals surface area contributed by atoms with Crippen molar-refractivity contribution in [1.29, 1.82) is 0 Å². The first-order valence-electron chi connectivity index (χ1n) is 5.45. The first kappa shape index (κ1) is 13.0. The number of carbonyl (C=O) groups is 2. The van der Waals surface area contributed by atoms with Gasteiger partial charge in [-0.15, -0.1) is 0 Å². The molecular weight excluding hydrogens is 220 g/mol. The number of unbranched alkanes of at least 4 members (excludes halogenated alkanes) is 1. The van der Waals surface area contributed by atoms with E-state index in [1.165, 1.54) is 0 Å². The van der Waals surface area contributed by atoms with Gasteiger partial charge in [0, 0.05) is 18.7 Å². The van der Waals surface area contributed by atoms with E-state index in [0.717, 1.165) is 6.42 Å². The van der Waals surface area contributed by atoms with Crippen LogP contribution in [0.4, 0.5) is 5.69 Å². The van der Waals surface area contributed by atoms with Crippen molar-refractivity contribution in [3.8, 4) is 0 Å². The molecule has 1 rings (SSSR count). The van der Waals surface area contributed by atoms with Crippen LogP contribution < -0.4 is 11.1 Å². The molecule has 0 unspecified atom stereocenters. The predicted molar refractivity (Wildman–Crippen MR) is 64.9 cm³/mol. The summed E-state index contributed by atoms with van der Waals surface area (Å²) >= 11 is 0. The van der Waals surface area contributed by atoms with Crippen molar-refractivity contribution in [2.75, 3.05) is 11.9 Å². The second-order valence-corrected chi connectivity index (χ2v) is 3.69. The van der Waals surface area contributed by atoms with Crippen molar-refractivity contribution in [3.05, 3.63) is 29.8 Å². The van der Waals surface area contributed by atoms with E-state index in [4.69, 9.17) is 10.8 Å². The molecule has 0 aromatic heterocycles. The van der Waals surface area contributed by atoms with E-state index in [9.17, 15) is 9.59 Å². The molecule has 5 heteroatoms. The zero-order valence-corrected chi connectivity index (χ0v) is 9.48. The number of nitrogens with two attached hydrogens (primary N) is 1. The topological polar surface area (TPSA) is 92.4 Å². The Balaban J connectivity index is 2.41. The second-order valence-electron chi connectivity index (χ2n) is 3.69. The minimum Gasteiger partial charge on any atom is -0.481 e. The zero-order valence-electron chi connectivity index (χ0n) is 9.48. The number of carboxylic acid groups (broad SMARTS) is 1. The molecule has 92 valence electrons. The lowest BCUT2D eigenvalue weighted by Gasteiger charge is -2.09. The smallest absolute Gasteiger partial charge is 0.303 e. The van der Waals surface area contributed by atoms with Gasteiger partial charge in [0.2, 0.25) is 0 Å². The van der Waals surface area contributed by atoms with Crippen molar-refractivity contribution < 1.29 is 14.7 Å². The number of hydrogen-bond acceptors (Lipinski definition) is 3. The number of anilines is 1. The largest absolute Gasteiger partial charge is 0.481 e. The number of benzene rings is 1. The maximum absolute atomic E-state index is 11.1. The van der Waals surface area contributed by atoms with Crippen LogP contribution in [0.2, 0.25) is 0 Å². The third kappa shape index (κ3) is 4.55. The molecule has 0 radical (unpaired) electrons. The second kappa shape index (κ2) is 6.52. The van der Waals surface area contributed by atoms with E-state index in [1.807, 2.05) is 6.07 Å². The molecule has 4 N–H and O–H groups in total. The van der Waals surface area contributed by atoms with Gasteiger partial charge in [-0.3, -0.25) is 9.59 Å². The zero-order chi connectivity index (χ0) is 12.7. The minimum atomic E-state index is -0.789. The number of carboxylic acids is 1. The van der Waals surface area contributed by atoms with Gasteiger partial charge in [0.25, 0.3) is 5.91 Å². The number of hydrogen-bond donors (Lipinski definition) is 3. The van der Waals surface area contributed by atoms with Crippen LogP contribution in [0.25, 0.3) is 0 Å². The predicted octanol–water partition coefficient (Wildman–Crippen LogP) is 1.45. The van der Waals surface area contributed by atoms with Crippen LogP contribution in [0, 0.1) is 0 Å². The standard InChI is InChI=1S/C12H16N2O3/c13-12(17)9-5-1-2-6-10(9)14-8-4-3-7-11(15)16/h1-2,5-6,14H,3-4,7-8H2,(H2,13,17)(H,15,16). The normalized spacial score (nSPS) is 9.88. The van der Waals surface area contributed by atoms with Crippen LogP contribution in [0.3, 0.4) is 0 Å². The highest BCUT2D eigenvalue weighted by Gasteiger charge is 2.05. The van der Waals surface area contributed by atoms with Gasteiger partial charge < -0.3 is 16.2 Å². The maximum atomic E-state index is 11.1. The number of aliphatic carboxylic acids is 1. The lowest BCUT2D eigenvalue weighted by Crippen LogP contribution is -2.14. The Labute approximate surface area is 99.6 Å². The average Bonchev–Trinajstić information content (AvgIpc) is 2.28. The Bertz CT molecular complexity index is 404. The molecule has 1 aromatic carbocycles. The number of nitrogens with one attached hydrogen (secondary N) is 1. The Hall–Kier alpha value is -2.04. The highest BCUT2D eigenvalue weighted by molar-refractivity contribution is 5.98. The van der Waals surface area contributed by atoms with Gasteiger partial charge in [0.15, 0.2) is 0 Å². The van der Waals surface area contributed by atoms with Crippen molar-refractivity contribution in [2.24, 2.45) is 5.73 Å². The van der Waals surface area contributed by atoms with Crippen molar-refractivity contribution >= 4 is 17.6 Å². The fourth-order valence-corrected chi connectivity index (χ4v) is 1.48. The van der Waals surface area contributed by atoms with E-state index in [0.29, 0.717) is 24.2 Å². The van der Waals surface area contributed by atoms with E-state index >= 15 is 0 Å². The van der Waals surface area contributed by atoms with Crippen LogP contribution in [-0.2, 0) is 4.79 Å². The summed E-state index contributed by atoms with van der Waals surface area (Å²) in [4.78, 5) is 21.4. The molecule has 0 aliphatic heterocycles. The van der Waals surface area contributed by atoms with E-state index in [2.05, 4.69) is 5.32 Å². The quantitative estimate of drug-likeness (QED) is 0.625. The number of carbonyl (C=O) groups excluding carboxylic acids is 1. The van der Waals surface area contributed by atoms with Crippen LogP contribution in [0.5, 0.6) is 0 Å². The first-order valence-corrected chi connectivity index (χ1v) is 5.45. The highest BCUT2D eigenvalue weighted by atomic mass is 16.4. The molecular formula is C12H16N2O3. The number of primary amides is 1. The fourth-order valence-electron chi connectivity index (χ4n) is 1.48. The van der Waals surface area contributed by atoms with Gasteiger partial charge in [-0.25, -0.2) is 0 Å². The van der Waals surface area contributed by atoms with Gasteiger partial charge in [0.1, 0.15) is 0 Å². The lowest BCUT2D eigenvalue weighted by atomic mass is 10.1. The van der Waals surface area contributed by atoms with Gasteiger partial charge in [0.05, 0.1) is 5.56 Å². The van der Waals surface area contributed by atoms with Crippen molar-refractivity contribution in [2.45, 2.75) is 19.3 Å². The monoisotopic (exact) mass is 236 g/mol. The SMILES string of the molecule is NC(=O)c1ccccc1NCCCCC(=O)O. The van der Waals surface area contributed by atoms with Crippen LogP contribution in [-0.4, -0.2) is 23.5 Å². The third-order valence-corrected chi connectivity index (χ3v) is 2.33. The summed E-state index contributed by atoms with van der Waals surface area (Å²) in [5.74, 6) is -1.26. The van der Waals surface area contributed by atoms with Crippen molar-refractivity contribution in [3.63, 3.8) is 0 Å². The van der Waals surface area contributed by atoms with E-state index in [-0.39, 0.29) is 6.42 Å². The molecule has 0 atom stereocenters. The summed E-state index contributed by atoms with van der Waals surface area (Å²) in [6.07, 6.45) is 1.51. The summed E-state index contributed by atoms with van der Waals surface area (Å²) in [6, 6.07) is 6.99. The Morgan fingerprint density at radius 3 is 2.59 bits per heavy atom. The Morgan fingerprint density at radius 1 is 1.24 bits per heavy atom.